The van der Waals surface area contributed by atoms with Crippen LogP contribution in [0, 0.1) is 0 Å². The minimum Gasteiger partial charge on any atom is -0.489 e. The minimum absolute atomic E-state index is 0. The van der Waals surface area contributed by atoms with Crippen LogP contribution >= 0.6 is 39.9 Å². The highest BCUT2D eigenvalue weighted by Crippen LogP contribution is 2.24. The molecule has 0 bridgehead atoms. The molecule has 0 atom stereocenters. The maximum Gasteiger partial charge on any atom is 0.124 e. The molecule has 3 nitrogen and oxygen atoms in total. The zero-order valence-electron chi connectivity index (χ0n) is 14.0. The van der Waals surface area contributed by atoms with Crippen molar-refractivity contribution >= 4 is 39.9 Å². The second-order valence-corrected chi connectivity index (χ2v) is 6.98. The molecule has 0 aliphatic carbocycles. The van der Waals surface area contributed by atoms with Crippen LogP contribution < -0.4 is 10.1 Å². The Balaban J connectivity index is 0.00000243. The van der Waals surface area contributed by atoms with Crippen molar-refractivity contribution in [3.8, 4) is 5.75 Å². The van der Waals surface area contributed by atoms with E-state index in [4.69, 9.17) is 16.3 Å². The van der Waals surface area contributed by atoms with Crippen molar-refractivity contribution in [1.82, 2.24) is 10.3 Å². The second kappa shape index (κ2) is 10.5. The number of rotatable bonds is 7. The normalized spacial score (nSPS) is 10.2. The molecule has 2 aromatic carbocycles. The Morgan fingerprint density at radius 1 is 1.00 bits per heavy atom. The minimum atomic E-state index is 0. The molecule has 3 rings (SSSR count). The van der Waals surface area contributed by atoms with Gasteiger partial charge in [0.1, 0.15) is 12.4 Å². The molecule has 6 heteroatoms. The molecule has 0 aliphatic rings. The Labute approximate surface area is 173 Å². The fourth-order valence-electron chi connectivity index (χ4n) is 2.41. The fraction of sp³-hybridized carbons (Fsp3) is 0.150. The Morgan fingerprint density at radius 2 is 1.81 bits per heavy atom. The quantitative estimate of drug-likeness (QED) is 0.491. The molecule has 0 amide bonds. The fourth-order valence-corrected chi connectivity index (χ4v) is 2.95. The van der Waals surface area contributed by atoms with Crippen LogP contribution in [-0.4, -0.2) is 4.98 Å². The average Bonchev–Trinajstić information content (AvgIpc) is 2.63. The van der Waals surface area contributed by atoms with E-state index in [9.17, 15) is 0 Å². The number of hydrogen-bond acceptors (Lipinski definition) is 3. The van der Waals surface area contributed by atoms with Crippen molar-refractivity contribution in [1.29, 1.82) is 0 Å². The molecule has 0 radical (unpaired) electrons. The summed E-state index contributed by atoms with van der Waals surface area (Å²) in [6.07, 6.45) is 3.65. The smallest absolute Gasteiger partial charge is 0.124 e. The van der Waals surface area contributed by atoms with Crippen LogP contribution in [0.5, 0.6) is 5.75 Å². The molecule has 0 fully saturated rings. The standard InChI is InChI=1S/C20H18BrClN2O.ClH/c21-18-5-8-20(25-14-15-3-6-19(22)7-4-15)17(10-18)13-24-12-16-2-1-9-23-11-16;/h1-11,24H,12-14H2;1H. The first kappa shape index (κ1) is 20.7. The Morgan fingerprint density at radius 3 is 2.54 bits per heavy atom. The van der Waals surface area contributed by atoms with Gasteiger partial charge in [0, 0.05) is 40.5 Å². The highest BCUT2D eigenvalue weighted by Gasteiger charge is 2.06. The lowest BCUT2D eigenvalue weighted by Crippen LogP contribution is -2.13. The molecule has 0 aliphatic heterocycles. The molecule has 1 aromatic heterocycles. The summed E-state index contributed by atoms with van der Waals surface area (Å²) in [6, 6.07) is 17.7. The molecule has 1 heterocycles. The van der Waals surface area contributed by atoms with Gasteiger partial charge in [-0.25, -0.2) is 0 Å². The van der Waals surface area contributed by atoms with Gasteiger partial charge in [0.25, 0.3) is 0 Å². The van der Waals surface area contributed by atoms with Crippen LogP contribution in [0.3, 0.4) is 0 Å². The van der Waals surface area contributed by atoms with Crippen molar-refractivity contribution in [2.45, 2.75) is 19.7 Å². The number of benzene rings is 2. The highest BCUT2D eigenvalue weighted by atomic mass is 79.9. The van der Waals surface area contributed by atoms with E-state index < -0.39 is 0 Å². The van der Waals surface area contributed by atoms with Crippen LogP contribution in [0.1, 0.15) is 16.7 Å². The van der Waals surface area contributed by atoms with Gasteiger partial charge >= 0.3 is 0 Å². The van der Waals surface area contributed by atoms with E-state index in [2.05, 4.69) is 38.4 Å². The van der Waals surface area contributed by atoms with Crippen molar-refractivity contribution in [2.24, 2.45) is 0 Å². The molecule has 0 spiro atoms. The van der Waals surface area contributed by atoms with Crippen LogP contribution in [-0.2, 0) is 19.7 Å². The van der Waals surface area contributed by atoms with Gasteiger partial charge in [0.15, 0.2) is 0 Å². The Hall–Kier alpha value is -1.59. The first-order valence-corrected chi connectivity index (χ1v) is 9.13. The van der Waals surface area contributed by atoms with E-state index in [1.165, 1.54) is 0 Å². The summed E-state index contributed by atoms with van der Waals surface area (Å²) in [5.74, 6) is 0.872. The van der Waals surface area contributed by atoms with Crippen LogP contribution in [0.4, 0.5) is 0 Å². The molecule has 0 saturated carbocycles. The zero-order chi connectivity index (χ0) is 17.5. The van der Waals surface area contributed by atoms with Gasteiger partial charge in [0.05, 0.1) is 0 Å². The number of ether oxygens (including phenoxy) is 1. The first-order chi connectivity index (χ1) is 12.2. The van der Waals surface area contributed by atoms with Gasteiger partial charge in [-0.15, -0.1) is 12.4 Å². The molecule has 3 aromatic rings. The molecule has 136 valence electrons. The largest absolute Gasteiger partial charge is 0.489 e. The van der Waals surface area contributed by atoms with E-state index in [-0.39, 0.29) is 12.4 Å². The van der Waals surface area contributed by atoms with Crippen molar-refractivity contribution < 1.29 is 4.74 Å². The number of aromatic nitrogens is 1. The van der Waals surface area contributed by atoms with Gasteiger partial charge in [0.2, 0.25) is 0 Å². The summed E-state index contributed by atoms with van der Waals surface area (Å²) in [5.41, 5.74) is 3.34. The molecule has 1 N–H and O–H groups in total. The third-order valence-corrected chi connectivity index (χ3v) is 4.44. The van der Waals surface area contributed by atoms with E-state index in [0.717, 1.165) is 38.5 Å². The molecular weight excluding hydrogens is 435 g/mol. The number of pyridine rings is 1. The second-order valence-electron chi connectivity index (χ2n) is 5.63. The monoisotopic (exact) mass is 452 g/mol. The first-order valence-electron chi connectivity index (χ1n) is 7.96. The number of hydrogen-bond donors (Lipinski definition) is 1. The topological polar surface area (TPSA) is 34.1 Å². The third kappa shape index (κ3) is 6.29. The third-order valence-electron chi connectivity index (χ3n) is 3.70. The molecular formula is C20H19BrCl2N2O. The highest BCUT2D eigenvalue weighted by molar-refractivity contribution is 9.10. The van der Waals surface area contributed by atoms with Gasteiger partial charge in [-0.3, -0.25) is 4.98 Å². The SMILES string of the molecule is Cl.Clc1ccc(COc2ccc(Br)cc2CNCc2cccnc2)cc1. The number of nitrogens with zero attached hydrogens (tertiary/aromatic N) is 1. The Bertz CT molecular complexity index is 814. The molecule has 0 unspecified atom stereocenters. The van der Waals surface area contributed by atoms with E-state index in [0.29, 0.717) is 13.2 Å². The Kier molecular flexibility index (Phi) is 8.39. The van der Waals surface area contributed by atoms with Crippen LogP contribution in [0.2, 0.25) is 5.02 Å². The lowest BCUT2D eigenvalue weighted by atomic mass is 10.2. The van der Waals surface area contributed by atoms with Crippen molar-refractivity contribution in [2.75, 3.05) is 0 Å². The predicted octanol–water partition coefficient (Wildman–Crippen LogP) is 5.79. The van der Waals surface area contributed by atoms with Gasteiger partial charge < -0.3 is 10.1 Å². The maximum absolute atomic E-state index is 6.00. The summed E-state index contributed by atoms with van der Waals surface area (Å²) in [6.45, 7) is 1.98. The molecule has 0 saturated heterocycles. The van der Waals surface area contributed by atoms with Crippen LogP contribution in [0.15, 0.2) is 71.5 Å². The summed E-state index contributed by atoms with van der Waals surface area (Å²) < 4.78 is 7.04. The zero-order valence-corrected chi connectivity index (χ0v) is 17.2. The number of nitrogens with one attached hydrogen (secondary N) is 1. The van der Waals surface area contributed by atoms with Gasteiger partial charge in [-0.2, -0.15) is 0 Å². The lowest BCUT2D eigenvalue weighted by molar-refractivity contribution is 0.302. The summed E-state index contributed by atoms with van der Waals surface area (Å²) in [4.78, 5) is 4.13. The van der Waals surface area contributed by atoms with E-state index in [1.54, 1.807) is 6.20 Å². The van der Waals surface area contributed by atoms with Crippen molar-refractivity contribution in [3.05, 3.63) is 93.2 Å². The predicted molar refractivity (Wildman–Crippen MR) is 112 cm³/mol. The van der Waals surface area contributed by atoms with Gasteiger partial charge in [-0.1, -0.05) is 45.7 Å². The molecule has 26 heavy (non-hydrogen) atoms. The lowest BCUT2D eigenvalue weighted by Gasteiger charge is -2.13. The average molecular weight is 454 g/mol. The number of halogens is 3. The van der Waals surface area contributed by atoms with E-state index in [1.807, 2.05) is 48.7 Å². The summed E-state index contributed by atoms with van der Waals surface area (Å²) >= 11 is 9.45. The van der Waals surface area contributed by atoms with Gasteiger partial charge in [-0.05, 0) is 47.5 Å². The summed E-state index contributed by atoms with van der Waals surface area (Å²) in [7, 11) is 0. The maximum atomic E-state index is 6.00. The van der Waals surface area contributed by atoms with E-state index >= 15 is 0 Å². The van der Waals surface area contributed by atoms with Crippen molar-refractivity contribution in [3.63, 3.8) is 0 Å². The van der Waals surface area contributed by atoms with Crippen LogP contribution in [0.25, 0.3) is 0 Å². The summed E-state index contributed by atoms with van der Waals surface area (Å²) in [5, 5.41) is 4.16.